The van der Waals surface area contributed by atoms with Crippen LogP contribution in [0.25, 0.3) is 10.9 Å². The van der Waals surface area contributed by atoms with Crippen molar-refractivity contribution in [1.82, 2.24) is 3.97 Å². The fraction of sp³-hybridized carbons (Fsp3) is 0.250. The van der Waals surface area contributed by atoms with E-state index in [4.69, 9.17) is 10.8 Å². The highest BCUT2D eigenvalue weighted by Gasteiger charge is 2.17. The van der Waals surface area contributed by atoms with Gasteiger partial charge in [-0.15, -0.1) is 0 Å². The van der Waals surface area contributed by atoms with Crippen molar-refractivity contribution in [3.05, 3.63) is 64.8 Å². The number of rotatable bonds is 5. The van der Waals surface area contributed by atoms with E-state index in [2.05, 4.69) is 42.9 Å². The topological polar surface area (TPSA) is 68.2 Å². The Labute approximate surface area is 151 Å². The van der Waals surface area contributed by atoms with Gasteiger partial charge in [0.15, 0.2) is 0 Å². The number of nitrogens with two attached hydrogens (primary N) is 1. The minimum Gasteiger partial charge on any atom is -0.480 e. The number of fused-ring (bicyclic) bond motifs is 1. The molecule has 3 aromatic rings. The van der Waals surface area contributed by atoms with Gasteiger partial charge in [0.1, 0.15) is 6.04 Å². The number of para-hydroxylation sites is 1. The van der Waals surface area contributed by atoms with Gasteiger partial charge in [-0.1, -0.05) is 35.9 Å². The number of hydrogen-bond donors (Lipinski definition) is 2. The van der Waals surface area contributed by atoms with Crippen LogP contribution in [-0.2, 0) is 11.2 Å². The number of aliphatic carboxylic acids is 1. The van der Waals surface area contributed by atoms with Crippen molar-refractivity contribution in [1.29, 1.82) is 0 Å². The molecule has 0 spiro atoms. The van der Waals surface area contributed by atoms with E-state index in [-0.39, 0.29) is 0 Å². The van der Waals surface area contributed by atoms with Crippen LogP contribution in [0.1, 0.15) is 22.3 Å². The highest BCUT2D eigenvalue weighted by Crippen LogP contribution is 2.34. The van der Waals surface area contributed by atoms with Gasteiger partial charge in [-0.2, -0.15) is 0 Å². The van der Waals surface area contributed by atoms with Crippen LogP contribution in [0, 0.1) is 20.8 Å². The standard InChI is InChI=1S/C20H22N2O2S/c1-12-8-13(2)19(14(3)9-12)25-22-11-15(10-17(21)20(23)24)16-6-4-5-7-18(16)22/h4-9,11,17H,10,21H2,1-3H3,(H,23,24)/t17-/m0/s1. The molecule has 0 aliphatic heterocycles. The highest BCUT2D eigenvalue weighted by molar-refractivity contribution is 7.98. The number of carbonyl (C=O) groups is 1. The van der Waals surface area contributed by atoms with Crippen LogP contribution in [0.15, 0.2) is 47.5 Å². The first kappa shape index (κ1) is 17.6. The van der Waals surface area contributed by atoms with Crippen molar-refractivity contribution in [2.45, 2.75) is 38.1 Å². The van der Waals surface area contributed by atoms with Gasteiger partial charge >= 0.3 is 5.97 Å². The lowest BCUT2D eigenvalue weighted by atomic mass is 10.1. The Morgan fingerprint density at radius 1 is 1.20 bits per heavy atom. The summed E-state index contributed by atoms with van der Waals surface area (Å²) < 4.78 is 2.11. The van der Waals surface area contributed by atoms with Crippen molar-refractivity contribution in [3.8, 4) is 0 Å². The van der Waals surface area contributed by atoms with Gasteiger partial charge in [0.05, 0.1) is 5.52 Å². The van der Waals surface area contributed by atoms with Crippen LogP contribution in [0.5, 0.6) is 0 Å². The molecular weight excluding hydrogens is 332 g/mol. The van der Waals surface area contributed by atoms with E-state index in [1.54, 1.807) is 11.9 Å². The summed E-state index contributed by atoms with van der Waals surface area (Å²) in [5.74, 6) is -0.977. The highest BCUT2D eigenvalue weighted by atomic mass is 32.2. The smallest absolute Gasteiger partial charge is 0.320 e. The second kappa shape index (κ2) is 6.94. The summed E-state index contributed by atoms with van der Waals surface area (Å²) in [7, 11) is 0. The molecule has 5 heteroatoms. The van der Waals surface area contributed by atoms with E-state index < -0.39 is 12.0 Å². The molecule has 1 atom stereocenters. The average molecular weight is 354 g/mol. The van der Waals surface area contributed by atoms with E-state index in [0.717, 1.165) is 16.5 Å². The van der Waals surface area contributed by atoms with Crippen molar-refractivity contribution < 1.29 is 9.90 Å². The molecule has 130 valence electrons. The SMILES string of the molecule is Cc1cc(C)c(Sn2cc(C[C@H](N)C(=O)O)c3ccccc32)c(C)c1. The van der Waals surface area contributed by atoms with Crippen molar-refractivity contribution in [2.75, 3.05) is 0 Å². The van der Waals surface area contributed by atoms with E-state index in [0.29, 0.717) is 6.42 Å². The number of carboxylic acids is 1. The molecule has 0 saturated carbocycles. The predicted octanol–water partition coefficient (Wildman–Crippen LogP) is 4.08. The second-order valence-corrected chi connectivity index (χ2v) is 7.45. The van der Waals surface area contributed by atoms with Gasteiger partial charge in [-0.25, -0.2) is 0 Å². The minimum atomic E-state index is -0.977. The molecular formula is C20H22N2O2S. The largest absolute Gasteiger partial charge is 0.480 e. The molecule has 0 amide bonds. The normalized spacial score (nSPS) is 12.5. The first-order valence-electron chi connectivity index (χ1n) is 8.20. The molecule has 4 nitrogen and oxygen atoms in total. The second-order valence-electron chi connectivity index (χ2n) is 6.47. The molecule has 25 heavy (non-hydrogen) atoms. The average Bonchev–Trinajstić information content (AvgIpc) is 2.89. The Morgan fingerprint density at radius 3 is 2.48 bits per heavy atom. The summed E-state index contributed by atoms with van der Waals surface area (Å²) in [6.07, 6.45) is 2.33. The number of benzene rings is 2. The Bertz CT molecular complexity index is 923. The third kappa shape index (κ3) is 3.57. The summed E-state index contributed by atoms with van der Waals surface area (Å²) in [6.45, 7) is 6.34. The van der Waals surface area contributed by atoms with E-state index in [1.807, 2.05) is 24.4 Å². The zero-order valence-electron chi connectivity index (χ0n) is 14.6. The summed E-state index contributed by atoms with van der Waals surface area (Å²) in [6, 6.07) is 11.5. The molecule has 0 bridgehead atoms. The zero-order chi connectivity index (χ0) is 18.1. The number of carboxylic acid groups (broad SMARTS) is 1. The maximum Gasteiger partial charge on any atom is 0.320 e. The van der Waals surface area contributed by atoms with Crippen molar-refractivity contribution >= 4 is 28.8 Å². The van der Waals surface area contributed by atoms with Gasteiger partial charge in [0, 0.05) is 22.9 Å². The first-order valence-corrected chi connectivity index (χ1v) is 8.97. The van der Waals surface area contributed by atoms with Crippen molar-refractivity contribution in [3.63, 3.8) is 0 Å². The molecule has 0 aliphatic carbocycles. The monoisotopic (exact) mass is 354 g/mol. The van der Waals surface area contributed by atoms with Crippen LogP contribution in [0.4, 0.5) is 0 Å². The Balaban J connectivity index is 2.04. The van der Waals surface area contributed by atoms with Crippen LogP contribution >= 0.6 is 11.9 Å². The lowest BCUT2D eigenvalue weighted by Crippen LogP contribution is -2.32. The molecule has 0 unspecified atom stereocenters. The molecule has 0 aliphatic rings. The minimum absolute atomic E-state index is 0.315. The van der Waals surface area contributed by atoms with E-state index in [9.17, 15) is 4.79 Å². The van der Waals surface area contributed by atoms with E-state index >= 15 is 0 Å². The lowest BCUT2D eigenvalue weighted by Gasteiger charge is -2.12. The molecule has 0 radical (unpaired) electrons. The Morgan fingerprint density at radius 2 is 1.84 bits per heavy atom. The lowest BCUT2D eigenvalue weighted by molar-refractivity contribution is -0.138. The van der Waals surface area contributed by atoms with E-state index in [1.165, 1.54) is 21.6 Å². The number of aromatic nitrogens is 1. The summed E-state index contributed by atoms with van der Waals surface area (Å²) in [4.78, 5) is 12.3. The van der Waals surface area contributed by atoms with Crippen LogP contribution in [-0.4, -0.2) is 21.1 Å². The van der Waals surface area contributed by atoms with Crippen LogP contribution in [0.2, 0.25) is 0 Å². The van der Waals surface area contributed by atoms with Gasteiger partial charge in [0.25, 0.3) is 0 Å². The molecule has 1 heterocycles. The molecule has 2 aromatic carbocycles. The quantitative estimate of drug-likeness (QED) is 0.724. The first-order chi connectivity index (χ1) is 11.9. The maximum atomic E-state index is 11.1. The molecule has 3 N–H and O–H groups in total. The molecule has 1 aromatic heterocycles. The van der Waals surface area contributed by atoms with Gasteiger partial charge in [-0.05, 0) is 55.5 Å². The number of nitrogens with zero attached hydrogens (tertiary/aromatic N) is 1. The summed E-state index contributed by atoms with van der Waals surface area (Å²) in [5.41, 5.74) is 11.5. The fourth-order valence-corrected chi connectivity index (χ4v) is 4.23. The maximum absolute atomic E-state index is 11.1. The molecule has 0 fully saturated rings. The summed E-state index contributed by atoms with van der Waals surface area (Å²) in [5, 5.41) is 10.2. The van der Waals surface area contributed by atoms with Gasteiger partial charge in [0.2, 0.25) is 0 Å². The zero-order valence-corrected chi connectivity index (χ0v) is 15.4. The fourth-order valence-electron chi connectivity index (χ4n) is 3.19. The van der Waals surface area contributed by atoms with Crippen LogP contribution in [0.3, 0.4) is 0 Å². The van der Waals surface area contributed by atoms with Gasteiger partial charge < -0.3 is 10.8 Å². The number of aryl methyl sites for hydroxylation is 3. The van der Waals surface area contributed by atoms with Gasteiger partial charge in [-0.3, -0.25) is 8.77 Å². The number of hydrogen-bond acceptors (Lipinski definition) is 3. The predicted molar refractivity (Wildman–Crippen MR) is 103 cm³/mol. The Kier molecular flexibility index (Phi) is 4.88. The van der Waals surface area contributed by atoms with Crippen LogP contribution < -0.4 is 5.73 Å². The third-order valence-electron chi connectivity index (χ3n) is 4.31. The molecule has 3 rings (SSSR count). The van der Waals surface area contributed by atoms with Crippen molar-refractivity contribution in [2.24, 2.45) is 5.73 Å². The third-order valence-corrected chi connectivity index (χ3v) is 5.64. The summed E-state index contributed by atoms with van der Waals surface area (Å²) >= 11 is 1.66. The Hall–Kier alpha value is -2.24. The molecule has 0 saturated heterocycles.